The molecule has 2 aliphatic heterocycles. The van der Waals surface area contributed by atoms with Crippen LogP contribution in [0.25, 0.3) is 6.08 Å². The molecule has 0 aromatic carbocycles. The summed E-state index contributed by atoms with van der Waals surface area (Å²) in [5.41, 5.74) is 2.97. The van der Waals surface area contributed by atoms with Crippen molar-refractivity contribution in [3.05, 3.63) is 27.9 Å². The summed E-state index contributed by atoms with van der Waals surface area (Å²) >= 11 is 0.890. The maximum absolute atomic E-state index is 12.8. The van der Waals surface area contributed by atoms with Gasteiger partial charge < -0.3 is 14.2 Å². The Balaban J connectivity index is 1.79. The Bertz CT molecular complexity index is 844. The van der Waals surface area contributed by atoms with Crippen molar-refractivity contribution >= 4 is 34.9 Å². The van der Waals surface area contributed by atoms with Crippen molar-refractivity contribution in [2.75, 3.05) is 32.8 Å². The Kier molecular flexibility index (Phi) is 5.72. The summed E-state index contributed by atoms with van der Waals surface area (Å²) < 4.78 is 7.45. The van der Waals surface area contributed by atoms with Crippen LogP contribution in [0.4, 0.5) is 4.79 Å². The average Bonchev–Trinajstić information content (AvgIpc) is 3.05. The van der Waals surface area contributed by atoms with Gasteiger partial charge in [0.1, 0.15) is 6.54 Å². The molecule has 3 heterocycles. The topological polar surface area (TPSA) is 71.9 Å². The zero-order valence-corrected chi connectivity index (χ0v) is 17.9. The van der Waals surface area contributed by atoms with Gasteiger partial charge in [0.15, 0.2) is 0 Å². The van der Waals surface area contributed by atoms with Crippen molar-refractivity contribution in [3.8, 4) is 0 Å². The third-order valence-corrected chi connectivity index (χ3v) is 5.87. The zero-order valence-electron chi connectivity index (χ0n) is 17.1. The molecule has 0 unspecified atom stereocenters. The number of carbonyl (C=O) groups is 3. The van der Waals surface area contributed by atoms with E-state index < -0.39 is 11.1 Å². The van der Waals surface area contributed by atoms with E-state index in [0.717, 1.165) is 33.6 Å². The number of nitrogens with zero attached hydrogens (tertiary/aromatic N) is 3. The van der Waals surface area contributed by atoms with Gasteiger partial charge in [0.05, 0.1) is 18.1 Å². The molecule has 0 saturated carbocycles. The highest BCUT2D eigenvalue weighted by molar-refractivity contribution is 8.18. The summed E-state index contributed by atoms with van der Waals surface area (Å²) in [5.74, 6) is -0.630. The summed E-state index contributed by atoms with van der Waals surface area (Å²) in [6.45, 7) is 12.1. The summed E-state index contributed by atoms with van der Waals surface area (Å²) in [6.07, 6.45) is 1.76. The van der Waals surface area contributed by atoms with Crippen LogP contribution in [0.15, 0.2) is 11.0 Å². The molecule has 8 heteroatoms. The van der Waals surface area contributed by atoms with Crippen LogP contribution < -0.4 is 0 Å². The van der Waals surface area contributed by atoms with Gasteiger partial charge >= 0.3 is 0 Å². The monoisotopic (exact) mass is 405 g/mol. The Labute approximate surface area is 169 Å². The van der Waals surface area contributed by atoms with Crippen LogP contribution in [0.3, 0.4) is 0 Å². The van der Waals surface area contributed by atoms with Gasteiger partial charge in [-0.3, -0.25) is 19.3 Å². The number of morpholine rings is 1. The van der Waals surface area contributed by atoms with Crippen molar-refractivity contribution in [3.63, 3.8) is 0 Å². The molecule has 0 atom stereocenters. The van der Waals surface area contributed by atoms with Crippen molar-refractivity contribution in [2.45, 2.75) is 40.2 Å². The summed E-state index contributed by atoms with van der Waals surface area (Å²) in [7, 11) is 0. The third-order valence-electron chi connectivity index (χ3n) is 4.96. The molecule has 2 saturated heterocycles. The second-order valence-corrected chi connectivity index (χ2v) is 9.09. The van der Waals surface area contributed by atoms with Crippen molar-refractivity contribution in [1.29, 1.82) is 0 Å². The van der Waals surface area contributed by atoms with Crippen molar-refractivity contribution in [2.24, 2.45) is 0 Å². The van der Waals surface area contributed by atoms with Crippen molar-refractivity contribution < 1.29 is 19.1 Å². The first-order valence-corrected chi connectivity index (χ1v) is 10.2. The average molecular weight is 406 g/mol. The molecule has 3 rings (SSSR count). The van der Waals surface area contributed by atoms with Crippen molar-refractivity contribution in [1.82, 2.24) is 14.4 Å². The SMILES string of the molecule is Cc1cc(/C=C2/SC(=O)N(CC(=O)N3CCOCC3)C2=O)c(C)n1C(C)(C)C. The maximum atomic E-state index is 12.8. The number of imide groups is 1. The van der Waals surface area contributed by atoms with E-state index in [4.69, 9.17) is 4.74 Å². The molecule has 0 bridgehead atoms. The minimum absolute atomic E-state index is 0.0792. The quantitative estimate of drug-likeness (QED) is 0.723. The molecule has 0 aliphatic carbocycles. The second kappa shape index (κ2) is 7.75. The van der Waals surface area contributed by atoms with E-state index in [1.165, 1.54) is 0 Å². The predicted octanol–water partition coefficient (Wildman–Crippen LogP) is 2.76. The first-order valence-electron chi connectivity index (χ1n) is 9.40. The Hall–Kier alpha value is -2.06. The van der Waals surface area contributed by atoms with Crippen LogP contribution in [0.5, 0.6) is 0 Å². The van der Waals surface area contributed by atoms with E-state index in [1.807, 2.05) is 19.9 Å². The number of aryl methyl sites for hydroxylation is 1. The van der Waals surface area contributed by atoms with Crippen LogP contribution in [-0.2, 0) is 19.9 Å². The summed E-state index contributed by atoms with van der Waals surface area (Å²) in [4.78, 5) is 40.5. The molecule has 0 radical (unpaired) electrons. The van der Waals surface area contributed by atoms with E-state index in [1.54, 1.807) is 11.0 Å². The minimum atomic E-state index is -0.405. The van der Waals surface area contributed by atoms with Gasteiger partial charge in [-0.1, -0.05) is 0 Å². The maximum Gasteiger partial charge on any atom is 0.294 e. The van der Waals surface area contributed by atoms with E-state index >= 15 is 0 Å². The summed E-state index contributed by atoms with van der Waals surface area (Å²) in [6, 6.07) is 2.02. The van der Waals surface area contributed by atoms with Gasteiger partial charge in [-0.25, -0.2) is 0 Å². The fourth-order valence-electron chi connectivity index (χ4n) is 3.79. The third kappa shape index (κ3) is 4.03. The van der Waals surface area contributed by atoms with E-state index in [-0.39, 0.29) is 18.0 Å². The smallest absolute Gasteiger partial charge is 0.294 e. The van der Waals surface area contributed by atoms with E-state index in [9.17, 15) is 14.4 Å². The summed E-state index contributed by atoms with van der Waals surface area (Å²) in [5, 5.41) is -0.400. The second-order valence-electron chi connectivity index (χ2n) is 8.09. The number of ether oxygens (including phenoxy) is 1. The molecule has 2 fully saturated rings. The van der Waals surface area contributed by atoms with Gasteiger partial charge in [-0.2, -0.15) is 0 Å². The molecule has 1 aromatic rings. The first-order chi connectivity index (χ1) is 13.1. The Morgan fingerprint density at radius 2 is 1.86 bits per heavy atom. The molecule has 0 spiro atoms. The lowest BCUT2D eigenvalue weighted by Gasteiger charge is -2.28. The Morgan fingerprint density at radius 1 is 1.21 bits per heavy atom. The lowest BCUT2D eigenvalue weighted by atomic mass is 10.1. The number of amides is 3. The van der Waals surface area contributed by atoms with Gasteiger partial charge in [-0.15, -0.1) is 0 Å². The lowest BCUT2D eigenvalue weighted by Crippen LogP contribution is -2.46. The standard InChI is InChI=1S/C20H27N3O4S/c1-13-10-15(14(2)23(13)20(3,4)5)11-16-18(25)22(19(26)28-16)12-17(24)21-6-8-27-9-7-21/h10-11H,6-9,12H2,1-5H3/b16-11+. The Morgan fingerprint density at radius 3 is 2.43 bits per heavy atom. The van der Waals surface area contributed by atoms with Crippen LogP contribution >= 0.6 is 11.8 Å². The molecule has 152 valence electrons. The number of hydrogen-bond acceptors (Lipinski definition) is 5. The molecule has 7 nitrogen and oxygen atoms in total. The van der Waals surface area contributed by atoms with Gasteiger partial charge in [-0.05, 0) is 64.1 Å². The van der Waals surface area contributed by atoms with Crippen LogP contribution in [0, 0.1) is 13.8 Å². The molecule has 3 amide bonds. The number of rotatable bonds is 3. The minimum Gasteiger partial charge on any atom is -0.378 e. The van der Waals surface area contributed by atoms with E-state index in [2.05, 4.69) is 25.3 Å². The molecule has 2 aliphatic rings. The van der Waals surface area contributed by atoms with Crippen LogP contribution in [0.1, 0.15) is 37.7 Å². The highest BCUT2D eigenvalue weighted by Gasteiger charge is 2.37. The largest absolute Gasteiger partial charge is 0.378 e. The lowest BCUT2D eigenvalue weighted by molar-refractivity contribution is -0.139. The van der Waals surface area contributed by atoms with Crippen LogP contribution in [-0.4, -0.2) is 64.3 Å². The van der Waals surface area contributed by atoms with Gasteiger partial charge in [0.2, 0.25) is 5.91 Å². The van der Waals surface area contributed by atoms with Gasteiger partial charge in [0, 0.05) is 30.0 Å². The normalized spacial score (nSPS) is 19.8. The number of carbonyl (C=O) groups excluding carboxylic acids is 3. The molecule has 0 N–H and O–H groups in total. The zero-order chi connectivity index (χ0) is 20.6. The van der Waals surface area contributed by atoms with E-state index in [0.29, 0.717) is 31.2 Å². The number of aromatic nitrogens is 1. The highest BCUT2D eigenvalue weighted by Crippen LogP contribution is 2.34. The molecular formula is C20H27N3O4S. The molecule has 28 heavy (non-hydrogen) atoms. The molecular weight excluding hydrogens is 378 g/mol. The number of hydrogen-bond donors (Lipinski definition) is 0. The first kappa shape index (κ1) is 20.7. The van der Waals surface area contributed by atoms with Crippen LogP contribution in [0.2, 0.25) is 0 Å². The van der Waals surface area contributed by atoms with Gasteiger partial charge in [0.25, 0.3) is 11.1 Å². The predicted molar refractivity (Wildman–Crippen MR) is 109 cm³/mol. The number of thioether (sulfide) groups is 1. The fourth-order valence-corrected chi connectivity index (χ4v) is 4.62. The highest BCUT2D eigenvalue weighted by atomic mass is 32.2. The fraction of sp³-hybridized carbons (Fsp3) is 0.550. The molecule has 1 aromatic heterocycles.